The van der Waals surface area contributed by atoms with E-state index in [1.807, 2.05) is 25.3 Å². The topological polar surface area (TPSA) is 65.5 Å². The van der Waals surface area contributed by atoms with Gasteiger partial charge in [0.2, 0.25) is 0 Å². The van der Waals surface area contributed by atoms with Gasteiger partial charge in [0.1, 0.15) is 12.2 Å². The van der Waals surface area contributed by atoms with Gasteiger partial charge in [0, 0.05) is 11.8 Å². The number of hydrogen-bond acceptors (Lipinski definition) is 6. The second-order valence-electron chi connectivity index (χ2n) is 8.04. The standard InChI is InChI=1S/C19H31NO4SSi/c1-13(9-15-12-25-14(2)20-15)17(10-16(21)11-18(22)23-6)24-26(7,8)19(3,4)5/h9,12,17H,10-11H2,1-8H3/b13-9+/t17-/m0/s1. The summed E-state index contributed by atoms with van der Waals surface area (Å²) in [5, 5.41) is 3.00. The quantitative estimate of drug-likeness (QED) is 0.359. The number of esters is 1. The van der Waals surface area contributed by atoms with E-state index in [1.165, 1.54) is 7.11 Å². The van der Waals surface area contributed by atoms with Crippen LogP contribution in [-0.2, 0) is 18.8 Å². The molecule has 0 aliphatic heterocycles. The van der Waals surface area contributed by atoms with Crippen LogP contribution in [0.2, 0.25) is 18.1 Å². The number of carbonyl (C=O) groups excluding carboxylic acids is 2. The highest BCUT2D eigenvalue weighted by Gasteiger charge is 2.39. The van der Waals surface area contributed by atoms with Gasteiger partial charge >= 0.3 is 5.97 Å². The SMILES string of the molecule is COC(=O)CC(=O)C[C@H](O[Si](C)(C)C(C)(C)C)/C(C)=C/c1csc(C)n1. The number of aromatic nitrogens is 1. The van der Waals surface area contributed by atoms with Crippen molar-refractivity contribution >= 4 is 37.5 Å². The van der Waals surface area contributed by atoms with E-state index >= 15 is 0 Å². The minimum Gasteiger partial charge on any atom is -0.469 e. The summed E-state index contributed by atoms with van der Waals surface area (Å²) in [5.74, 6) is -0.694. The average Bonchev–Trinajstić information content (AvgIpc) is 2.89. The first-order valence-electron chi connectivity index (χ1n) is 8.72. The Morgan fingerprint density at radius 1 is 1.35 bits per heavy atom. The second kappa shape index (κ2) is 9.06. The van der Waals surface area contributed by atoms with Crippen LogP contribution in [0.3, 0.4) is 0 Å². The van der Waals surface area contributed by atoms with Gasteiger partial charge in [-0.25, -0.2) is 4.98 Å². The van der Waals surface area contributed by atoms with Crippen LogP contribution in [0.4, 0.5) is 0 Å². The molecule has 1 heterocycles. The van der Waals surface area contributed by atoms with Crippen molar-refractivity contribution in [3.8, 4) is 0 Å². The van der Waals surface area contributed by atoms with Crippen LogP contribution >= 0.6 is 11.3 Å². The molecule has 0 bridgehead atoms. The molecule has 1 rings (SSSR count). The fourth-order valence-corrected chi connectivity index (χ4v) is 4.02. The van der Waals surface area contributed by atoms with Gasteiger partial charge in [-0.1, -0.05) is 20.8 Å². The van der Waals surface area contributed by atoms with Gasteiger partial charge in [0.05, 0.1) is 23.9 Å². The zero-order valence-corrected chi connectivity index (χ0v) is 19.0. The minimum atomic E-state index is -2.08. The number of aryl methyl sites for hydroxylation is 1. The number of ketones is 1. The maximum absolute atomic E-state index is 12.3. The molecule has 0 saturated carbocycles. The highest BCUT2D eigenvalue weighted by atomic mass is 32.1. The highest BCUT2D eigenvalue weighted by molar-refractivity contribution is 7.09. The number of carbonyl (C=O) groups is 2. The van der Waals surface area contributed by atoms with E-state index in [-0.39, 0.29) is 29.8 Å². The van der Waals surface area contributed by atoms with Crippen LogP contribution in [0.15, 0.2) is 11.0 Å². The monoisotopic (exact) mass is 397 g/mol. The first-order valence-corrected chi connectivity index (χ1v) is 12.5. The minimum absolute atomic E-state index is 0.0220. The Morgan fingerprint density at radius 3 is 2.42 bits per heavy atom. The zero-order chi connectivity index (χ0) is 20.1. The number of ether oxygens (including phenoxy) is 1. The van der Waals surface area contributed by atoms with Gasteiger partial charge < -0.3 is 9.16 Å². The van der Waals surface area contributed by atoms with Gasteiger partial charge in [0.25, 0.3) is 0 Å². The fourth-order valence-electron chi connectivity index (χ4n) is 2.11. The summed E-state index contributed by atoms with van der Waals surface area (Å²) in [5.41, 5.74) is 1.81. The van der Waals surface area contributed by atoms with Crippen LogP contribution in [-0.4, -0.2) is 38.3 Å². The first-order chi connectivity index (χ1) is 11.9. The van der Waals surface area contributed by atoms with E-state index < -0.39 is 14.3 Å². The molecule has 146 valence electrons. The fraction of sp³-hybridized carbons (Fsp3) is 0.632. The Morgan fingerprint density at radius 2 is 1.96 bits per heavy atom. The van der Waals surface area contributed by atoms with Crippen LogP contribution in [0.5, 0.6) is 0 Å². The molecule has 1 aromatic heterocycles. The first kappa shape index (κ1) is 22.7. The third-order valence-electron chi connectivity index (χ3n) is 4.75. The summed E-state index contributed by atoms with van der Waals surface area (Å²) >= 11 is 1.58. The third kappa shape index (κ3) is 6.77. The predicted molar refractivity (Wildman–Crippen MR) is 109 cm³/mol. The maximum Gasteiger partial charge on any atom is 0.313 e. The van der Waals surface area contributed by atoms with Gasteiger partial charge in [-0.2, -0.15) is 0 Å². The van der Waals surface area contributed by atoms with Crippen molar-refractivity contribution in [2.75, 3.05) is 7.11 Å². The maximum atomic E-state index is 12.3. The van der Waals surface area contributed by atoms with E-state index in [1.54, 1.807) is 11.3 Å². The molecule has 0 unspecified atom stereocenters. The molecular formula is C19H31NO4SSi. The molecule has 7 heteroatoms. The predicted octanol–water partition coefficient (Wildman–Crippen LogP) is 4.77. The zero-order valence-electron chi connectivity index (χ0n) is 17.1. The normalized spacial score (nSPS) is 14.2. The van der Waals surface area contributed by atoms with E-state index in [0.29, 0.717) is 0 Å². The highest BCUT2D eigenvalue weighted by Crippen LogP contribution is 2.38. The molecule has 1 atom stereocenters. The van der Waals surface area contributed by atoms with Crippen LogP contribution in [0.25, 0.3) is 6.08 Å². The molecule has 5 nitrogen and oxygen atoms in total. The molecule has 0 fully saturated rings. The molecule has 0 saturated heterocycles. The number of hydrogen-bond donors (Lipinski definition) is 0. The van der Waals surface area contributed by atoms with E-state index in [2.05, 4.69) is 43.6 Å². The molecular weight excluding hydrogens is 366 g/mol. The molecule has 0 aromatic carbocycles. The molecule has 0 amide bonds. The Balaban J connectivity index is 3.06. The Hall–Kier alpha value is -1.31. The van der Waals surface area contributed by atoms with E-state index in [4.69, 9.17) is 4.43 Å². The van der Waals surface area contributed by atoms with Crippen molar-refractivity contribution in [3.05, 3.63) is 21.7 Å². The molecule has 0 N–H and O–H groups in total. The van der Waals surface area contributed by atoms with Crippen molar-refractivity contribution < 1.29 is 18.8 Å². The van der Waals surface area contributed by atoms with Crippen LogP contribution in [0, 0.1) is 6.92 Å². The lowest BCUT2D eigenvalue weighted by atomic mass is 10.0. The van der Waals surface area contributed by atoms with Crippen LogP contribution in [0.1, 0.15) is 51.2 Å². The van der Waals surface area contributed by atoms with Gasteiger partial charge in [-0.05, 0) is 43.6 Å². The summed E-state index contributed by atoms with van der Waals surface area (Å²) < 4.78 is 11.1. The summed E-state index contributed by atoms with van der Waals surface area (Å²) in [6, 6.07) is 0. The number of methoxy groups -OCH3 is 1. The third-order valence-corrected chi connectivity index (χ3v) is 10.0. The van der Waals surface area contributed by atoms with Gasteiger partial charge in [-0.3, -0.25) is 9.59 Å². The lowest BCUT2D eigenvalue weighted by molar-refractivity contribution is -0.143. The lowest BCUT2D eigenvalue weighted by Gasteiger charge is -2.39. The molecule has 0 aliphatic carbocycles. The van der Waals surface area contributed by atoms with Gasteiger partial charge in [0.15, 0.2) is 8.32 Å². The molecule has 0 radical (unpaired) electrons. The van der Waals surface area contributed by atoms with Crippen molar-refractivity contribution in [2.24, 2.45) is 0 Å². The van der Waals surface area contributed by atoms with Crippen LogP contribution < -0.4 is 0 Å². The Bertz CT molecular complexity index is 673. The number of thiazole rings is 1. The second-order valence-corrected chi connectivity index (χ2v) is 13.9. The molecule has 0 aliphatic rings. The Labute approximate surface area is 161 Å². The summed E-state index contributed by atoms with van der Waals surface area (Å²) in [6.45, 7) is 14.7. The summed E-state index contributed by atoms with van der Waals surface area (Å²) in [7, 11) is -0.798. The van der Waals surface area contributed by atoms with E-state index in [9.17, 15) is 9.59 Å². The summed E-state index contributed by atoms with van der Waals surface area (Å²) in [6.07, 6.45) is 1.53. The smallest absolute Gasteiger partial charge is 0.313 e. The van der Waals surface area contributed by atoms with Crippen molar-refractivity contribution in [1.29, 1.82) is 0 Å². The van der Waals surface area contributed by atoms with Gasteiger partial charge in [-0.15, -0.1) is 11.3 Å². The molecule has 1 aromatic rings. The van der Waals surface area contributed by atoms with Crippen molar-refractivity contribution in [2.45, 2.75) is 71.7 Å². The van der Waals surface area contributed by atoms with E-state index in [0.717, 1.165) is 16.3 Å². The van der Waals surface area contributed by atoms with Crippen molar-refractivity contribution in [3.63, 3.8) is 0 Å². The Kier molecular flexibility index (Phi) is 7.92. The number of nitrogens with zero attached hydrogens (tertiary/aromatic N) is 1. The lowest BCUT2D eigenvalue weighted by Crippen LogP contribution is -2.44. The van der Waals surface area contributed by atoms with Crippen molar-refractivity contribution in [1.82, 2.24) is 4.98 Å². The summed E-state index contributed by atoms with van der Waals surface area (Å²) in [4.78, 5) is 28.2. The molecule has 26 heavy (non-hydrogen) atoms. The largest absolute Gasteiger partial charge is 0.469 e. The molecule has 0 spiro atoms. The average molecular weight is 398 g/mol. The number of rotatable bonds is 8. The number of Topliss-reactive ketones (excluding diaryl/α,β-unsaturated/α-hetero) is 1.